The highest BCUT2D eigenvalue weighted by atomic mass is 16.5. The minimum Gasteiger partial charge on any atom is -0.378 e. The van der Waals surface area contributed by atoms with E-state index in [1.54, 1.807) is 6.08 Å². The lowest BCUT2D eigenvalue weighted by Crippen LogP contribution is -2.25. The first-order chi connectivity index (χ1) is 13.3. The summed E-state index contributed by atoms with van der Waals surface area (Å²) in [7, 11) is 0. The molecule has 0 saturated heterocycles. The number of nitrogens with zero attached hydrogens (tertiary/aromatic N) is 1. The van der Waals surface area contributed by atoms with Crippen molar-refractivity contribution in [1.82, 2.24) is 0 Å². The average Bonchev–Trinajstić information content (AvgIpc) is 2.73. The van der Waals surface area contributed by atoms with Gasteiger partial charge in [0.05, 0.1) is 12.2 Å². The molecular weight excluding hydrogens is 330 g/mol. The van der Waals surface area contributed by atoms with Crippen molar-refractivity contribution in [2.24, 2.45) is 11.8 Å². The van der Waals surface area contributed by atoms with E-state index in [-0.39, 0.29) is 0 Å². The van der Waals surface area contributed by atoms with Gasteiger partial charge < -0.3 is 4.74 Å². The second-order valence-electron chi connectivity index (χ2n) is 8.57. The zero-order valence-electron chi connectivity index (χ0n) is 16.9. The van der Waals surface area contributed by atoms with Gasteiger partial charge in [0.2, 0.25) is 0 Å². The Labute approximate surface area is 165 Å². The summed E-state index contributed by atoms with van der Waals surface area (Å²) in [5, 5.41) is 8.64. The van der Waals surface area contributed by atoms with Crippen molar-refractivity contribution in [1.29, 1.82) is 5.26 Å². The summed E-state index contributed by atoms with van der Waals surface area (Å²) in [5.74, 6) is 2.08. The van der Waals surface area contributed by atoms with Crippen LogP contribution in [0.5, 0.6) is 0 Å². The zero-order valence-corrected chi connectivity index (χ0v) is 16.9. The molecule has 0 atom stereocenters. The highest BCUT2D eigenvalue weighted by Gasteiger charge is 2.25. The van der Waals surface area contributed by atoms with Gasteiger partial charge in [-0.25, -0.2) is 0 Å². The van der Waals surface area contributed by atoms with Crippen molar-refractivity contribution in [2.45, 2.75) is 83.2 Å². The van der Waals surface area contributed by atoms with E-state index >= 15 is 0 Å². The van der Waals surface area contributed by atoms with Gasteiger partial charge in [-0.05, 0) is 86.7 Å². The zero-order chi connectivity index (χ0) is 18.9. The molecule has 0 aliphatic heterocycles. The Bertz CT molecular complexity index is 611. The molecule has 27 heavy (non-hydrogen) atoms. The second kappa shape index (κ2) is 10.7. The van der Waals surface area contributed by atoms with Crippen molar-refractivity contribution in [3.05, 3.63) is 47.5 Å². The molecule has 1 aromatic rings. The lowest BCUT2D eigenvalue weighted by Gasteiger charge is -2.32. The fraction of sp³-hybridized carbons (Fsp3) is 0.640. The van der Waals surface area contributed by atoms with Gasteiger partial charge in [-0.2, -0.15) is 5.26 Å². The molecule has 2 heteroatoms. The quantitative estimate of drug-likeness (QED) is 0.512. The Morgan fingerprint density at radius 2 is 1.70 bits per heavy atom. The third-order valence-corrected chi connectivity index (χ3v) is 6.57. The van der Waals surface area contributed by atoms with Crippen LogP contribution in [0.15, 0.2) is 36.4 Å². The standard InChI is InChI=1S/C25H35NO/c1-2-4-20-6-12-23(13-7-20)24-14-8-22(9-15-24)19-27-25-16-10-21(11-17-25)5-3-18-26/h3,5-7,12-13,21-22,24-25H,2,4,8-11,14-17,19H2,1H3/b5-3+. The maximum atomic E-state index is 8.64. The first-order valence-electron chi connectivity index (χ1n) is 11.0. The van der Waals surface area contributed by atoms with E-state index < -0.39 is 0 Å². The molecule has 0 aromatic heterocycles. The fourth-order valence-corrected chi connectivity index (χ4v) is 4.81. The average molecular weight is 366 g/mol. The molecule has 0 heterocycles. The smallest absolute Gasteiger partial charge is 0.0908 e. The maximum absolute atomic E-state index is 8.64. The van der Waals surface area contributed by atoms with Gasteiger partial charge in [0.15, 0.2) is 0 Å². The van der Waals surface area contributed by atoms with Crippen LogP contribution in [0.25, 0.3) is 0 Å². The van der Waals surface area contributed by atoms with Crippen LogP contribution in [0.1, 0.15) is 81.8 Å². The molecular formula is C25H35NO. The van der Waals surface area contributed by atoms with Crippen LogP contribution >= 0.6 is 0 Å². The van der Waals surface area contributed by atoms with Crippen molar-refractivity contribution in [3.63, 3.8) is 0 Å². The maximum Gasteiger partial charge on any atom is 0.0908 e. The van der Waals surface area contributed by atoms with Crippen LogP contribution in [-0.2, 0) is 11.2 Å². The summed E-state index contributed by atoms with van der Waals surface area (Å²) in [6, 6.07) is 11.5. The summed E-state index contributed by atoms with van der Waals surface area (Å²) >= 11 is 0. The van der Waals surface area contributed by atoms with Crippen LogP contribution in [0, 0.1) is 23.2 Å². The fourth-order valence-electron chi connectivity index (χ4n) is 4.81. The van der Waals surface area contributed by atoms with E-state index in [2.05, 4.69) is 43.3 Å². The van der Waals surface area contributed by atoms with Gasteiger partial charge in [0.25, 0.3) is 0 Å². The van der Waals surface area contributed by atoms with Gasteiger partial charge in [0.1, 0.15) is 0 Å². The second-order valence-corrected chi connectivity index (χ2v) is 8.57. The third kappa shape index (κ3) is 6.22. The minimum absolute atomic E-state index is 0.445. The largest absolute Gasteiger partial charge is 0.378 e. The molecule has 0 amide bonds. The van der Waals surface area contributed by atoms with E-state index in [1.807, 2.05) is 0 Å². The predicted octanol–water partition coefficient (Wildman–Crippen LogP) is 6.57. The van der Waals surface area contributed by atoms with Crippen LogP contribution < -0.4 is 0 Å². The van der Waals surface area contributed by atoms with Crippen LogP contribution in [-0.4, -0.2) is 12.7 Å². The Morgan fingerprint density at radius 1 is 1.00 bits per heavy atom. The SMILES string of the molecule is CCCc1ccc(C2CCC(COC3CCC(/C=C/C#N)CC3)CC2)cc1. The lowest BCUT2D eigenvalue weighted by molar-refractivity contribution is -0.00456. The van der Waals surface area contributed by atoms with Gasteiger partial charge in [0, 0.05) is 12.7 Å². The van der Waals surface area contributed by atoms with Gasteiger partial charge >= 0.3 is 0 Å². The van der Waals surface area contributed by atoms with Crippen molar-refractivity contribution in [3.8, 4) is 6.07 Å². The highest BCUT2D eigenvalue weighted by molar-refractivity contribution is 5.25. The van der Waals surface area contributed by atoms with Crippen LogP contribution in [0.4, 0.5) is 0 Å². The number of nitriles is 1. The molecule has 146 valence electrons. The Morgan fingerprint density at radius 3 is 2.33 bits per heavy atom. The molecule has 2 fully saturated rings. The van der Waals surface area contributed by atoms with E-state index in [4.69, 9.17) is 10.00 Å². The molecule has 2 nitrogen and oxygen atoms in total. The first kappa shape index (κ1) is 20.2. The summed E-state index contributed by atoms with van der Waals surface area (Å²) in [6.07, 6.45) is 16.5. The summed E-state index contributed by atoms with van der Waals surface area (Å²) in [6.45, 7) is 3.19. The molecule has 2 aliphatic rings. The topological polar surface area (TPSA) is 33.0 Å². The van der Waals surface area contributed by atoms with Gasteiger partial charge in [-0.1, -0.05) is 43.7 Å². The normalized spacial score (nSPS) is 28.9. The number of benzene rings is 1. The Hall–Kier alpha value is -1.59. The molecule has 0 bridgehead atoms. The number of rotatable bonds is 7. The molecule has 1 aromatic carbocycles. The van der Waals surface area contributed by atoms with E-state index in [9.17, 15) is 0 Å². The van der Waals surface area contributed by atoms with Crippen molar-refractivity contribution >= 4 is 0 Å². The number of aryl methyl sites for hydroxylation is 1. The Kier molecular flexibility index (Phi) is 7.96. The predicted molar refractivity (Wildman–Crippen MR) is 112 cm³/mol. The van der Waals surface area contributed by atoms with Crippen LogP contribution in [0.3, 0.4) is 0 Å². The number of hydrogen-bond donors (Lipinski definition) is 0. The molecule has 2 aliphatic carbocycles. The molecule has 0 spiro atoms. The molecule has 0 N–H and O–H groups in total. The van der Waals surface area contributed by atoms with Crippen LogP contribution in [0.2, 0.25) is 0 Å². The van der Waals surface area contributed by atoms with Gasteiger partial charge in [-0.3, -0.25) is 0 Å². The first-order valence-corrected chi connectivity index (χ1v) is 11.0. The van der Waals surface area contributed by atoms with E-state index in [0.717, 1.165) is 31.3 Å². The number of ether oxygens (including phenoxy) is 1. The molecule has 0 radical (unpaired) electrons. The summed E-state index contributed by atoms with van der Waals surface area (Å²) < 4.78 is 6.27. The third-order valence-electron chi connectivity index (χ3n) is 6.57. The van der Waals surface area contributed by atoms with Crippen molar-refractivity contribution < 1.29 is 4.74 Å². The lowest BCUT2D eigenvalue weighted by atomic mass is 9.79. The van der Waals surface area contributed by atoms with Gasteiger partial charge in [-0.15, -0.1) is 0 Å². The number of hydrogen-bond acceptors (Lipinski definition) is 2. The highest BCUT2D eigenvalue weighted by Crippen LogP contribution is 2.36. The van der Waals surface area contributed by atoms with Crippen molar-refractivity contribution in [2.75, 3.05) is 6.61 Å². The number of allylic oxidation sites excluding steroid dienone is 2. The van der Waals surface area contributed by atoms with E-state index in [0.29, 0.717) is 12.0 Å². The summed E-state index contributed by atoms with van der Waals surface area (Å²) in [4.78, 5) is 0. The summed E-state index contributed by atoms with van der Waals surface area (Å²) in [5.41, 5.74) is 3.01. The monoisotopic (exact) mass is 365 g/mol. The Balaban J connectivity index is 1.35. The molecule has 0 unspecified atom stereocenters. The molecule has 2 saturated carbocycles. The minimum atomic E-state index is 0.445. The molecule has 3 rings (SSSR count). The van der Waals surface area contributed by atoms with E-state index in [1.165, 1.54) is 62.5 Å².